The van der Waals surface area contributed by atoms with E-state index < -0.39 is 31.8 Å². The van der Waals surface area contributed by atoms with E-state index in [1.165, 1.54) is 42.3 Å². The molecule has 0 saturated heterocycles. The van der Waals surface area contributed by atoms with Crippen LogP contribution >= 0.6 is 0 Å². The van der Waals surface area contributed by atoms with Gasteiger partial charge in [-0.05, 0) is 50.1 Å². The van der Waals surface area contributed by atoms with E-state index in [-0.39, 0.29) is 45.5 Å². The third kappa shape index (κ3) is 4.15. The first-order valence-corrected chi connectivity index (χ1v) is 13.7. The lowest BCUT2D eigenvalue weighted by Crippen LogP contribution is -2.23. The molecule has 0 radical (unpaired) electrons. The van der Waals surface area contributed by atoms with Crippen LogP contribution in [0.2, 0.25) is 0 Å². The van der Waals surface area contributed by atoms with Gasteiger partial charge in [-0.15, -0.1) is 0 Å². The molecular formula is C23H24N2O7S2. The highest BCUT2D eigenvalue weighted by Gasteiger charge is 2.34. The molecule has 3 aromatic rings. The molecule has 1 unspecified atom stereocenters. The van der Waals surface area contributed by atoms with E-state index in [4.69, 9.17) is 8.92 Å². The van der Waals surface area contributed by atoms with E-state index in [0.29, 0.717) is 11.1 Å². The van der Waals surface area contributed by atoms with Crippen LogP contribution in [0.4, 0.5) is 0 Å². The molecule has 9 nitrogen and oxygen atoms in total. The SMILES string of the molecule is CCn1ncc(C(=O)c2ccc3c(c2C)C(OC)CCS3(=O)=O)c1OS(=O)(=O)c1ccccc1. The number of methoxy groups -OCH3 is 1. The second kappa shape index (κ2) is 8.97. The molecule has 0 aliphatic carbocycles. The van der Waals surface area contributed by atoms with E-state index in [9.17, 15) is 21.6 Å². The minimum absolute atomic E-state index is 0.0379. The molecule has 1 atom stereocenters. The van der Waals surface area contributed by atoms with Crippen LogP contribution in [-0.2, 0) is 31.2 Å². The molecular weight excluding hydrogens is 480 g/mol. The first kappa shape index (κ1) is 24.1. The van der Waals surface area contributed by atoms with Gasteiger partial charge in [0.1, 0.15) is 10.5 Å². The van der Waals surface area contributed by atoms with Crippen molar-refractivity contribution in [1.82, 2.24) is 9.78 Å². The summed E-state index contributed by atoms with van der Waals surface area (Å²) < 4.78 is 63.0. The van der Waals surface area contributed by atoms with E-state index in [1.807, 2.05) is 0 Å². The Kier molecular flexibility index (Phi) is 6.36. The van der Waals surface area contributed by atoms with Gasteiger partial charge in [-0.2, -0.15) is 13.5 Å². The Morgan fingerprint density at radius 2 is 1.85 bits per heavy atom. The van der Waals surface area contributed by atoms with Crippen LogP contribution in [0.3, 0.4) is 0 Å². The lowest BCUT2D eigenvalue weighted by Gasteiger charge is -2.27. The van der Waals surface area contributed by atoms with Gasteiger partial charge in [0, 0.05) is 24.8 Å². The molecule has 0 amide bonds. The molecule has 1 aliphatic rings. The Morgan fingerprint density at radius 3 is 2.50 bits per heavy atom. The van der Waals surface area contributed by atoms with E-state index >= 15 is 0 Å². The molecule has 1 aromatic heterocycles. The van der Waals surface area contributed by atoms with Crippen LogP contribution in [0.15, 0.2) is 58.5 Å². The highest BCUT2D eigenvalue weighted by Crippen LogP contribution is 2.38. The molecule has 2 aromatic carbocycles. The molecule has 2 heterocycles. The molecule has 0 bridgehead atoms. The van der Waals surface area contributed by atoms with Crippen molar-refractivity contribution in [2.75, 3.05) is 12.9 Å². The maximum atomic E-state index is 13.6. The molecule has 0 fully saturated rings. The molecule has 1 aliphatic heterocycles. The van der Waals surface area contributed by atoms with Gasteiger partial charge in [0.2, 0.25) is 5.88 Å². The predicted octanol–water partition coefficient (Wildman–Crippen LogP) is 3.08. The van der Waals surface area contributed by atoms with Crippen molar-refractivity contribution in [2.45, 2.75) is 42.7 Å². The number of hydrogen-bond donors (Lipinski definition) is 0. The lowest BCUT2D eigenvalue weighted by atomic mass is 9.93. The smallest absolute Gasteiger partial charge is 0.340 e. The third-order valence-corrected chi connectivity index (χ3v) is 8.89. The van der Waals surface area contributed by atoms with Gasteiger partial charge in [-0.25, -0.2) is 13.1 Å². The lowest BCUT2D eigenvalue weighted by molar-refractivity contribution is 0.0952. The zero-order valence-electron chi connectivity index (χ0n) is 18.9. The van der Waals surface area contributed by atoms with E-state index in [1.54, 1.807) is 32.0 Å². The minimum Gasteiger partial charge on any atom is -0.377 e. The number of carbonyl (C=O) groups is 1. The van der Waals surface area contributed by atoms with Crippen molar-refractivity contribution in [2.24, 2.45) is 0 Å². The van der Waals surface area contributed by atoms with Gasteiger partial charge in [0.15, 0.2) is 15.6 Å². The number of carbonyl (C=O) groups excluding carboxylic acids is 1. The Balaban J connectivity index is 1.81. The zero-order chi connectivity index (χ0) is 24.7. The zero-order valence-corrected chi connectivity index (χ0v) is 20.5. The standard InChI is InChI=1S/C23H24N2O7S2/c1-4-25-23(32-34(29,30)16-8-6-5-7-9-16)18(14-24-25)22(26)17-10-11-20-21(15(17)2)19(31-3)12-13-33(20,27)28/h5-11,14,19H,4,12-13H2,1-3H3. The van der Waals surface area contributed by atoms with E-state index in [2.05, 4.69) is 5.10 Å². The van der Waals surface area contributed by atoms with Crippen molar-refractivity contribution in [1.29, 1.82) is 0 Å². The van der Waals surface area contributed by atoms with Crippen molar-refractivity contribution in [3.05, 3.63) is 70.9 Å². The Labute approximate surface area is 198 Å². The fraction of sp³-hybridized carbons (Fsp3) is 0.304. The van der Waals surface area contributed by atoms with Gasteiger partial charge in [0.25, 0.3) is 0 Å². The number of ketones is 1. The van der Waals surface area contributed by atoms with Gasteiger partial charge in [0.05, 0.1) is 22.9 Å². The highest BCUT2D eigenvalue weighted by molar-refractivity contribution is 7.91. The largest absolute Gasteiger partial charge is 0.377 e. The first-order valence-electron chi connectivity index (χ1n) is 10.6. The average molecular weight is 505 g/mol. The molecule has 180 valence electrons. The summed E-state index contributed by atoms with van der Waals surface area (Å²) in [4.78, 5) is 13.6. The summed E-state index contributed by atoms with van der Waals surface area (Å²) >= 11 is 0. The summed E-state index contributed by atoms with van der Waals surface area (Å²) in [5.41, 5.74) is 1.08. The molecule has 0 spiro atoms. The fourth-order valence-corrected chi connectivity index (χ4v) is 6.71. The van der Waals surface area contributed by atoms with Gasteiger partial charge in [-0.1, -0.05) is 18.2 Å². The summed E-state index contributed by atoms with van der Waals surface area (Å²) in [5.74, 6) is -0.774. The molecule has 11 heteroatoms. The number of aryl methyl sites for hydroxylation is 1. The van der Waals surface area contributed by atoms with Crippen LogP contribution in [0.1, 0.15) is 46.5 Å². The van der Waals surface area contributed by atoms with E-state index in [0.717, 1.165) is 0 Å². The predicted molar refractivity (Wildman–Crippen MR) is 123 cm³/mol. The number of benzene rings is 2. The first-order chi connectivity index (χ1) is 16.1. The number of nitrogens with zero attached hydrogens (tertiary/aromatic N) is 2. The summed E-state index contributed by atoms with van der Waals surface area (Å²) in [6.45, 7) is 3.66. The number of ether oxygens (including phenoxy) is 1. The number of aromatic nitrogens is 2. The second-order valence-corrected chi connectivity index (χ2v) is 11.5. The second-order valence-electron chi connectivity index (χ2n) is 7.84. The van der Waals surface area contributed by atoms with Crippen LogP contribution < -0.4 is 4.18 Å². The number of fused-ring (bicyclic) bond motifs is 1. The summed E-state index contributed by atoms with van der Waals surface area (Å²) in [5, 5.41) is 4.12. The van der Waals surface area contributed by atoms with Gasteiger partial charge < -0.3 is 8.92 Å². The number of hydrogen-bond acceptors (Lipinski definition) is 8. The Morgan fingerprint density at radius 1 is 1.15 bits per heavy atom. The third-order valence-electron chi connectivity index (χ3n) is 5.87. The highest BCUT2D eigenvalue weighted by atomic mass is 32.2. The van der Waals surface area contributed by atoms with Gasteiger partial charge >= 0.3 is 10.1 Å². The quantitative estimate of drug-likeness (QED) is 0.355. The normalized spacial score (nSPS) is 17.2. The molecule has 0 saturated carbocycles. The van der Waals surface area contributed by atoms with Crippen molar-refractivity contribution in [3.63, 3.8) is 0 Å². The Bertz CT molecular complexity index is 1460. The molecule has 34 heavy (non-hydrogen) atoms. The maximum absolute atomic E-state index is 13.6. The average Bonchev–Trinajstić information content (AvgIpc) is 3.21. The number of rotatable bonds is 7. The van der Waals surface area contributed by atoms with Crippen molar-refractivity contribution < 1.29 is 30.6 Å². The summed E-state index contributed by atoms with van der Waals surface area (Å²) in [7, 11) is -6.22. The van der Waals surface area contributed by atoms with Crippen molar-refractivity contribution >= 4 is 25.7 Å². The Hall–Kier alpha value is -3.02. The molecule has 0 N–H and O–H groups in total. The summed E-state index contributed by atoms with van der Waals surface area (Å²) in [6.07, 6.45) is 1.06. The van der Waals surface area contributed by atoms with Crippen LogP contribution in [-0.4, -0.2) is 45.3 Å². The number of sulfone groups is 1. The topological polar surface area (TPSA) is 122 Å². The summed E-state index contributed by atoms with van der Waals surface area (Å²) in [6, 6.07) is 10.4. The minimum atomic E-state index is -4.22. The van der Waals surface area contributed by atoms with Crippen LogP contribution in [0.25, 0.3) is 0 Å². The monoisotopic (exact) mass is 504 g/mol. The molecule has 4 rings (SSSR count). The fourth-order valence-electron chi connectivity index (χ4n) is 4.10. The van der Waals surface area contributed by atoms with Crippen molar-refractivity contribution in [3.8, 4) is 5.88 Å². The maximum Gasteiger partial charge on any atom is 0.340 e. The van der Waals surface area contributed by atoms with Gasteiger partial charge in [-0.3, -0.25) is 4.79 Å². The van der Waals surface area contributed by atoms with Crippen LogP contribution in [0, 0.1) is 6.92 Å². The van der Waals surface area contributed by atoms with Crippen LogP contribution in [0.5, 0.6) is 5.88 Å².